The molecule has 0 aliphatic carbocycles. The Hall–Kier alpha value is -2.30. The van der Waals surface area contributed by atoms with Crippen molar-refractivity contribution in [2.75, 3.05) is 0 Å². The van der Waals surface area contributed by atoms with E-state index in [1.807, 2.05) is 0 Å². The number of hydrogen-bond acceptors (Lipinski definition) is 3. The minimum atomic E-state index is -0.319. The van der Waals surface area contributed by atoms with Gasteiger partial charge in [0, 0.05) is 12.4 Å². The van der Waals surface area contributed by atoms with Gasteiger partial charge in [-0.25, -0.2) is 9.37 Å². The van der Waals surface area contributed by atoms with Crippen molar-refractivity contribution in [1.82, 2.24) is 19.6 Å². The summed E-state index contributed by atoms with van der Waals surface area (Å²) in [6, 6.07) is 8.21. The lowest BCUT2D eigenvalue weighted by Gasteiger charge is -1.99. The van der Waals surface area contributed by atoms with Gasteiger partial charge in [-0.1, -0.05) is 12.1 Å². The fourth-order valence-corrected chi connectivity index (χ4v) is 1.57. The zero-order chi connectivity index (χ0) is 11.0. The molecule has 78 valence electrons. The number of hydrogen-bond donors (Lipinski definition) is 0. The second kappa shape index (κ2) is 3.37. The molecule has 0 radical (unpaired) electrons. The molecule has 0 bridgehead atoms. The van der Waals surface area contributed by atoms with Crippen LogP contribution in [0.1, 0.15) is 0 Å². The topological polar surface area (TPSA) is 43.1 Å². The second-order valence-corrected chi connectivity index (χ2v) is 3.29. The number of halogens is 1. The van der Waals surface area contributed by atoms with Crippen molar-refractivity contribution in [3.63, 3.8) is 0 Å². The van der Waals surface area contributed by atoms with Crippen LogP contribution in [0, 0.1) is 5.82 Å². The fourth-order valence-electron chi connectivity index (χ4n) is 1.57. The minimum absolute atomic E-state index is 0.319. The largest absolute Gasteiger partial charge is 0.266 e. The first-order valence-corrected chi connectivity index (χ1v) is 4.77. The Labute approximate surface area is 90.4 Å². The Morgan fingerprint density at radius 1 is 1.06 bits per heavy atom. The van der Waals surface area contributed by atoms with Crippen LogP contribution in [0.15, 0.2) is 42.7 Å². The maximum absolute atomic E-state index is 13.6. The summed E-state index contributed by atoms with van der Waals surface area (Å²) >= 11 is 0. The second-order valence-electron chi connectivity index (χ2n) is 3.29. The molecule has 16 heavy (non-hydrogen) atoms. The smallest absolute Gasteiger partial charge is 0.255 e. The lowest BCUT2D eigenvalue weighted by atomic mass is 10.2. The fraction of sp³-hybridized carbons (Fsp3) is 0. The summed E-state index contributed by atoms with van der Waals surface area (Å²) in [6.45, 7) is 0. The Morgan fingerprint density at radius 2 is 1.94 bits per heavy atom. The van der Waals surface area contributed by atoms with E-state index in [9.17, 15) is 4.39 Å². The number of rotatable bonds is 1. The van der Waals surface area contributed by atoms with Crippen molar-refractivity contribution in [3.8, 4) is 11.4 Å². The van der Waals surface area contributed by atoms with E-state index in [2.05, 4.69) is 15.2 Å². The van der Waals surface area contributed by atoms with Crippen molar-refractivity contribution >= 4 is 5.78 Å². The third-order valence-corrected chi connectivity index (χ3v) is 2.30. The molecule has 2 heterocycles. The van der Waals surface area contributed by atoms with Gasteiger partial charge in [0.05, 0.1) is 5.56 Å². The first-order valence-electron chi connectivity index (χ1n) is 4.77. The van der Waals surface area contributed by atoms with Gasteiger partial charge in [0.1, 0.15) is 5.82 Å². The molecule has 0 saturated heterocycles. The van der Waals surface area contributed by atoms with Gasteiger partial charge in [-0.3, -0.25) is 4.40 Å². The Bertz CT molecular complexity index is 647. The molecule has 0 N–H and O–H groups in total. The Kier molecular flexibility index (Phi) is 1.89. The van der Waals surface area contributed by atoms with E-state index in [0.29, 0.717) is 17.2 Å². The third kappa shape index (κ3) is 1.25. The average Bonchev–Trinajstić information content (AvgIpc) is 2.74. The Balaban J connectivity index is 2.31. The van der Waals surface area contributed by atoms with Gasteiger partial charge in [0.25, 0.3) is 5.78 Å². The molecule has 0 spiro atoms. The van der Waals surface area contributed by atoms with Crippen molar-refractivity contribution in [2.45, 2.75) is 0 Å². The summed E-state index contributed by atoms with van der Waals surface area (Å²) in [5, 5.41) is 7.81. The maximum Gasteiger partial charge on any atom is 0.255 e. The highest BCUT2D eigenvalue weighted by Gasteiger charge is 2.11. The number of nitrogens with zero attached hydrogens (tertiary/aromatic N) is 4. The van der Waals surface area contributed by atoms with E-state index in [0.717, 1.165) is 0 Å². The van der Waals surface area contributed by atoms with E-state index in [1.54, 1.807) is 41.1 Å². The molecule has 0 amide bonds. The molecule has 2 aromatic heterocycles. The standard InChI is InChI=1S/C11H7FN4/c12-9-5-2-1-4-8(9)10-14-15-11-13-6-3-7-16(10)11/h1-7H. The molecule has 3 aromatic rings. The molecule has 5 heteroatoms. The van der Waals surface area contributed by atoms with Crippen molar-refractivity contribution in [2.24, 2.45) is 0 Å². The zero-order valence-electron chi connectivity index (χ0n) is 8.21. The van der Waals surface area contributed by atoms with Crippen LogP contribution in [0.2, 0.25) is 0 Å². The predicted octanol–water partition coefficient (Wildman–Crippen LogP) is 1.93. The van der Waals surface area contributed by atoms with Crippen LogP contribution in [-0.2, 0) is 0 Å². The molecule has 0 atom stereocenters. The summed E-state index contributed by atoms with van der Waals surface area (Å²) in [7, 11) is 0. The van der Waals surface area contributed by atoms with Gasteiger partial charge in [0.15, 0.2) is 5.82 Å². The van der Waals surface area contributed by atoms with Gasteiger partial charge in [-0.2, -0.15) is 0 Å². The predicted molar refractivity (Wildman–Crippen MR) is 56.2 cm³/mol. The molecule has 0 saturated carbocycles. The quantitative estimate of drug-likeness (QED) is 0.621. The summed E-state index contributed by atoms with van der Waals surface area (Å²) in [5.74, 6) is 0.600. The number of benzene rings is 1. The van der Waals surface area contributed by atoms with E-state index >= 15 is 0 Å². The highest BCUT2D eigenvalue weighted by Crippen LogP contribution is 2.20. The molecule has 0 aliphatic heterocycles. The van der Waals surface area contributed by atoms with E-state index in [1.165, 1.54) is 6.07 Å². The first-order chi connectivity index (χ1) is 7.86. The van der Waals surface area contributed by atoms with Gasteiger partial charge in [-0.05, 0) is 18.2 Å². The lowest BCUT2D eigenvalue weighted by molar-refractivity contribution is 0.629. The van der Waals surface area contributed by atoms with Crippen LogP contribution in [0.3, 0.4) is 0 Å². The van der Waals surface area contributed by atoms with Crippen LogP contribution in [0.25, 0.3) is 17.2 Å². The SMILES string of the molecule is Fc1ccccc1-c1nnc2ncccn12. The van der Waals surface area contributed by atoms with Crippen LogP contribution >= 0.6 is 0 Å². The molecule has 0 fully saturated rings. The van der Waals surface area contributed by atoms with Gasteiger partial charge >= 0.3 is 0 Å². The molecule has 3 rings (SSSR count). The number of fused-ring (bicyclic) bond motifs is 1. The average molecular weight is 214 g/mol. The third-order valence-electron chi connectivity index (χ3n) is 2.30. The lowest BCUT2D eigenvalue weighted by Crippen LogP contribution is -1.92. The zero-order valence-corrected chi connectivity index (χ0v) is 8.21. The molecule has 0 aliphatic rings. The van der Waals surface area contributed by atoms with Gasteiger partial charge in [-0.15, -0.1) is 10.2 Å². The van der Waals surface area contributed by atoms with Crippen molar-refractivity contribution in [1.29, 1.82) is 0 Å². The van der Waals surface area contributed by atoms with Crippen LogP contribution in [0.5, 0.6) is 0 Å². The van der Waals surface area contributed by atoms with Gasteiger partial charge in [0.2, 0.25) is 0 Å². The normalized spacial score (nSPS) is 10.8. The summed E-state index contributed by atoms with van der Waals surface area (Å²) in [6.07, 6.45) is 3.37. The monoisotopic (exact) mass is 214 g/mol. The highest BCUT2D eigenvalue weighted by atomic mass is 19.1. The van der Waals surface area contributed by atoms with E-state index in [4.69, 9.17) is 0 Å². The Morgan fingerprint density at radius 3 is 2.81 bits per heavy atom. The highest BCUT2D eigenvalue weighted by molar-refractivity contribution is 5.58. The molecular weight excluding hydrogens is 207 g/mol. The van der Waals surface area contributed by atoms with Crippen LogP contribution < -0.4 is 0 Å². The minimum Gasteiger partial charge on any atom is -0.266 e. The van der Waals surface area contributed by atoms with Gasteiger partial charge < -0.3 is 0 Å². The van der Waals surface area contributed by atoms with Crippen molar-refractivity contribution < 1.29 is 4.39 Å². The molecule has 0 unspecified atom stereocenters. The summed E-state index contributed by atoms with van der Waals surface area (Å²) in [5.41, 5.74) is 0.419. The van der Waals surface area contributed by atoms with E-state index < -0.39 is 0 Å². The van der Waals surface area contributed by atoms with Crippen LogP contribution in [-0.4, -0.2) is 19.6 Å². The number of aromatic nitrogens is 4. The van der Waals surface area contributed by atoms with Crippen LogP contribution in [0.4, 0.5) is 4.39 Å². The molecule has 4 nitrogen and oxygen atoms in total. The van der Waals surface area contributed by atoms with E-state index in [-0.39, 0.29) is 5.82 Å². The maximum atomic E-state index is 13.6. The summed E-state index contributed by atoms with van der Waals surface area (Å²) in [4.78, 5) is 4.02. The molecule has 1 aromatic carbocycles. The molecular formula is C11H7FN4. The first kappa shape index (κ1) is 8.96. The summed E-state index contributed by atoms with van der Waals surface area (Å²) < 4.78 is 15.2. The van der Waals surface area contributed by atoms with Crippen molar-refractivity contribution in [3.05, 3.63) is 48.5 Å².